The molecule has 7 nitrogen and oxygen atoms in total. The molecule has 2 aromatic carbocycles. The second-order valence-electron chi connectivity index (χ2n) is 7.14. The first-order valence-corrected chi connectivity index (χ1v) is 9.58. The zero-order chi connectivity index (χ0) is 21.6. The van der Waals surface area contributed by atoms with Gasteiger partial charge in [0.2, 0.25) is 5.91 Å². The van der Waals surface area contributed by atoms with Crippen LogP contribution in [0, 0.1) is 11.2 Å². The van der Waals surface area contributed by atoms with Gasteiger partial charge in [-0.05, 0) is 50.2 Å². The van der Waals surface area contributed by atoms with E-state index in [1.165, 1.54) is 12.1 Å². The van der Waals surface area contributed by atoms with E-state index in [0.29, 0.717) is 23.6 Å². The van der Waals surface area contributed by atoms with Crippen LogP contribution in [-0.2, 0) is 23.8 Å². The number of rotatable bonds is 7. The Labute approximate surface area is 174 Å². The van der Waals surface area contributed by atoms with Crippen molar-refractivity contribution in [3.05, 3.63) is 59.9 Å². The van der Waals surface area contributed by atoms with Crippen molar-refractivity contribution in [3.63, 3.8) is 0 Å². The third kappa shape index (κ3) is 5.55. The Morgan fingerprint density at radius 1 is 1.10 bits per heavy atom. The molecule has 0 unspecified atom stereocenters. The van der Waals surface area contributed by atoms with Crippen molar-refractivity contribution in [2.45, 2.75) is 20.1 Å². The van der Waals surface area contributed by atoms with E-state index in [9.17, 15) is 14.0 Å². The van der Waals surface area contributed by atoms with Gasteiger partial charge in [0, 0.05) is 11.3 Å². The molecular formula is C22H24FNO6. The summed E-state index contributed by atoms with van der Waals surface area (Å²) < 4.78 is 34.6. The molecule has 0 saturated carbocycles. The maximum Gasteiger partial charge on any atom is 0.344 e. The minimum Gasteiger partial charge on any atom is -0.482 e. The van der Waals surface area contributed by atoms with Crippen molar-refractivity contribution in [2.24, 2.45) is 5.41 Å². The number of carbonyl (C=O) groups is 2. The molecule has 1 aliphatic rings. The van der Waals surface area contributed by atoms with E-state index in [2.05, 4.69) is 5.32 Å². The lowest BCUT2D eigenvalue weighted by Crippen LogP contribution is -2.45. The molecule has 0 bridgehead atoms. The molecule has 1 amide bonds. The highest BCUT2D eigenvalue weighted by molar-refractivity contribution is 5.95. The van der Waals surface area contributed by atoms with E-state index in [-0.39, 0.29) is 31.5 Å². The van der Waals surface area contributed by atoms with Crippen LogP contribution in [0.1, 0.15) is 25.7 Å². The topological polar surface area (TPSA) is 83.1 Å². The fourth-order valence-electron chi connectivity index (χ4n) is 2.81. The maximum atomic E-state index is 13.1. The van der Waals surface area contributed by atoms with E-state index in [1.807, 2.05) is 0 Å². The quantitative estimate of drug-likeness (QED) is 0.695. The van der Waals surface area contributed by atoms with Gasteiger partial charge >= 0.3 is 5.97 Å². The Bertz CT molecular complexity index is 860. The minimum absolute atomic E-state index is 0.154. The number of amides is 1. The number of benzene rings is 2. The molecule has 0 aliphatic carbocycles. The summed E-state index contributed by atoms with van der Waals surface area (Å²) in [5, 5.41) is 2.83. The first-order valence-electron chi connectivity index (χ1n) is 9.58. The van der Waals surface area contributed by atoms with Crippen LogP contribution < -0.4 is 10.1 Å². The lowest BCUT2D eigenvalue weighted by Gasteiger charge is -2.36. The molecule has 3 rings (SSSR count). The highest BCUT2D eigenvalue weighted by Crippen LogP contribution is 2.32. The maximum absolute atomic E-state index is 13.1. The van der Waals surface area contributed by atoms with Gasteiger partial charge < -0.3 is 24.3 Å². The van der Waals surface area contributed by atoms with Crippen LogP contribution >= 0.6 is 0 Å². The molecule has 1 heterocycles. The summed E-state index contributed by atoms with van der Waals surface area (Å²) in [4.78, 5) is 24.1. The molecule has 8 heteroatoms. The average Bonchev–Trinajstić information content (AvgIpc) is 2.75. The van der Waals surface area contributed by atoms with Gasteiger partial charge in [-0.2, -0.15) is 0 Å². The van der Waals surface area contributed by atoms with E-state index in [4.69, 9.17) is 18.9 Å². The summed E-state index contributed by atoms with van der Waals surface area (Å²) in [6.45, 7) is 3.90. The number of hydrogen-bond acceptors (Lipinski definition) is 6. The van der Waals surface area contributed by atoms with Crippen molar-refractivity contribution < 1.29 is 32.9 Å². The number of halogens is 1. The van der Waals surface area contributed by atoms with E-state index < -0.39 is 17.7 Å². The molecule has 1 N–H and O–H groups in total. The van der Waals surface area contributed by atoms with Crippen LogP contribution in [-0.4, -0.2) is 38.3 Å². The second kappa shape index (κ2) is 9.69. The summed E-state index contributed by atoms with van der Waals surface area (Å²) in [5.74, 6) is -0.547. The number of nitrogens with one attached hydrogen (secondary N) is 1. The first kappa shape index (κ1) is 21.7. The fraction of sp³-hybridized carbons (Fsp3) is 0.364. The Morgan fingerprint density at radius 2 is 1.73 bits per heavy atom. The summed E-state index contributed by atoms with van der Waals surface area (Å²) in [5.41, 5.74) is 0.387. The molecule has 1 aliphatic heterocycles. The summed E-state index contributed by atoms with van der Waals surface area (Å²) in [6, 6.07) is 12.5. The molecule has 2 aromatic rings. The van der Waals surface area contributed by atoms with Gasteiger partial charge in [0.15, 0.2) is 12.9 Å². The normalized spacial score (nSPS) is 21.0. The Balaban J connectivity index is 1.51. The van der Waals surface area contributed by atoms with Crippen LogP contribution in [0.5, 0.6) is 5.75 Å². The Morgan fingerprint density at radius 3 is 2.33 bits per heavy atom. The number of hydrogen-bond donors (Lipinski definition) is 1. The lowest BCUT2D eigenvalue weighted by atomic mass is 9.90. The zero-order valence-corrected chi connectivity index (χ0v) is 16.9. The van der Waals surface area contributed by atoms with Crippen molar-refractivity contribution in [1.82, 2.24) is 0 Å². The monoisotopic (exact) mass is 417 g/mol. The first-order chi connectivity index (χ1) is 14.4. The van der Waals surface area contributed by atoms with Crippen LogP contribution in [0.4, 0.5) is 10.1 Å². The van der Waals surface area contributed by atoms with Crippen LogP contribution in [0.2, 0.25) is 0 Å². The summed E-state index contributed by atoms with van der Waals surface area (Å²) in [6.07, 6.45) is -0.637. The average molecular weight is 417 g/mol. The lowest BCUT2D eigenvalue weighted by molar-refractivity contribution is -0.226. The van der Waals surface area contributed by atoms with Crippen molar-refractivity contribution in [1.29, 1.82) is 0 Å². The molecule has 0 aromatic heterocycles. The molecule has 0 spiro atoms. The van der Waals surface area contributed by atoms with Gasteiger partial charge in [0.1, 0.15) is 11.6 Å². The highest BCUT2D eigenvalue weighted by Gasteiger charge is 2.39. The molecule has 0 radical (unpaired) electrons. The molecule has 30 heavy (non-hydrogen) atoms. The number of ether oxygens (including phenoxy) is 4. The van der Waals surface area contributed by atoms with Gasteiger partial charge in [0.25, 0.3) is 0 Å². The SMILES string of the molecule is CCOC(=O)COc1ccc(NC(=O)C2(C)COC(c3ccc(F)cc3)OC2)cc1. The predicted molar refractivity (Wildman–Crippen MR) is 106 cm³/mol. The number of carbonyl (C=O) groups excluding carboxylic acids is 2. The van der Waals surface area contributed by atoms with E-state index in [0.717, 1.165) is 0 Å². The van der Waals surface area contributed by atoms with Crippen LogP contribution in [0.25, 0.3) is 0 Å². The van der Waals surface area contributed by atoms with Gasteiger partial charge in [-0.15, -0.1) is 0 Å². The van der Waals surface area contributed by atoms with Crippen LogP contribution in [0.15, 0.2) is 48.5 Å². The second-order valence-corrected chi connectivity index (χ2v) is 7.14. The zero-order valence-electron chi connectivity index (χ0n) is 16.9. The largest absolute Gasteiger partial charge is 0.482 e. The van der Waals surface area contributed by atoms with E-state index >= 15 is 0 Å². The molecule has 160 valence electrons. The molecular weight excluding hydrogens is 393 g/mol. The minimum atomic E-state index is -0.879. The van der Waals surface area contributed by atoms with E-state index in [1.54, 1.807) is 50.2 Å². The Hall–Kier alpha value is -2.97. The van der Waals surface area contributed by atoms with Crippen molar-refractivity contribution >= 4 is 17.6 Å². The summed E-state index contributed by atoms with van der Waals surface area (Å²) in [7, 11) is 0. The Kier molecular flexibility index (Phi) is 7.02. The smallest absolute Gasteiger partial charge is 0.344 e. The molecule has 0 atom stereocenters. The van der Waals surface area contributed by atoms with Crippen molar-refractivity contribution in [2.75, 3.05) is 31.7 Å². The fourth-order valence-corrected chi connectivity index (χ4v) is 2.81. The molecule has 1 fully saturated rings. The standard InChI is InChI=1S/C22H24FNO6/c1-3-27-19(25)12-28-18-10-8-17(9-11-18)24-21(26)22(2)13-29-20(30-14-22)15-4-6-16(23)7-5-15/h4-11,20H,3,12-14H2,1-2H3,(H,24,26). The third-order valence-electron chi connectivity index (χ3n) is 4.57. The van der Waals surface area contributed by atoms with Crippen molar-refractivity contribution in [3.8, 4) is 5.75 Å². The van der Waals surface area contributed by atoms with Gasteiger partial charge in [-0.1, -0.05) is 12.1 Å². The van der Waals surface area contributed by atoms with Crippen LogP contribution in [0.3, 0.4) is 0 Å². The van der Waals surface area contributed by atoms with Gasteiger partial charge in [-0.25, -0.2) is 9.18 Å². The van der Waals surface area contributed by atoms with Gasteiger partial charge in [0.05, 0.1) is 25.2 Å². The summed E-state index contributed by atoms with van der Waals surface area (Å²) >= 11 is 0. The number of esters is 1. The number of anilines is 1. The third-order valence-corrected chi connectivity index (χ3v) is 4.57. The predicted octanol–water partition coefficient (Wildman–Crippen LogP) is 3.46. The molecule has 1 saturated heterocycles. The van der Waals surface area contributed by atoms with Gasteiger partial charge in [-0.3, -0.25) is 4.79 Å². The highest BCUT2D eigenvalue weighted by atomic mass is 19.1.